The lowest BCUT2D eigenvalue weighted by Gasteiger charge is -2.05. The highest BCUT2D eigenvalue weighted by Gasteiger charge is 2.15. The summed E-state index contributed by atoms with van der Waals surface area (Å²) in [4.78, 5) is 1.58. The number of rotatable bonds is 0. The van der Waals surface area contributed by atoms with Crippen molar-refractivity contribution in [1.82, 2.24) is 10.2 Å². The van der Waals surface area contributed by atoms with Gasteiger partial charge in [-0.05, 0) is 0 Å². The van der Waals surface area contributed by atoms with Gasteiger partial charge in [-0.25, -0.2) is 0 Å². The quantitative estimate of drug-likeness (QED) is 0.496. The number of halogens is 2. The van der Waals surface area contributed by atoms with Crippen LogP contribution in [0.15, 0.2) is 11.1 Å². The average Bonchev–Trinajstić information content (AvgIpc) is 1.98. The molecule has 0 atom stereocenters. The van der Waals surface area contributed by atoms with Crippen LogP contribution >= 0.6 is 11.6 Å². The van der Waals surface area contributed by atoms with Crippen LogP contribution in [-0.4, -0.2) is 18.6 Å². The molecule has 1 aliphatic heterocycles. The van der Waals surface area contributed by atoms with E-state index in [1.807, 2.05) is 0 Å². The molecule has 0 fully saturated rings. The van der Waals surface area contributed by atoms with Crippen molar-refractivity contribution in [1.29, 1.82) is 0 Å². The molecule has 4 heteroatoms. The SMILES string of the molecule is CN1CNC(F)=C1Cl. The highest BCUT2D eigenvalue weighted by molar-refractivity contribution is 6.29. The summed E-state index contributed by atoms with van der Waals surface area (Å²) < 4.78 is 12.2. The van der Waals surface area contributed by atoms with Crippen molar-refractivity contribution in [3.63, 3.8) is 0 Å². The second-order valence-corrected chi connectivity index (χ2v) is 2.00. The van der Waals surface area contributed by atoms with E-state index in [9.17, 15) is 4.39 Å². The van der Waals surface area contributed by atoms with Crippen molar-refractivity contribution in [2.45, 2.75) is 0 Å². The summed E-state index contributed by atoms with van der Waals surface area (Å²) in [7, 11) is 1.71. The monoisotopic (exact) mass is 136 g/mol. The summed E-state index contributed by atoms with van der Waals surface area (Å²) >= 11 is 5.38. The summed E-state index contributed by atoms with van der Waals surface area (Å²) in [5.74, 6) is -0.436. The van der Waals surface area contributed by atoms with Gasteiger partial charge in [0.15, 0.2) is 5.16 Å². The molecule has 1 N–H and O–H groups in total. The van der Waals surface area contributed by atoms with E-state index >= 15 is 0 Å². The summed E-state index contributed by atoms with van der Waals surface area (Å²) in [6.07, 6.45) is 0. The fourth-order valence-corrected chi connectivity index (χ4v) is 0.624. The molecule has 1 rings (SSSR count). The molecule has 0 saturated carbocycles. The Morgan fingerprint density at radius 1 is 1.88 bits per heavy atom. The largest absolute Gasteiger partial charge is 0.344 e. The van der Waals surface area contributed by atoms with Crippen LogP contribution < -0.4 is 5.32 Å². The molecule has 46 valence electrons. The molecule has 0 aromatic rings. The third-order valence-corrected chi connectivity index (χ3v) is 1.44. The molecule has 0 amide bonds. The van der Waals surface area contributed by atoms with Gasteiger partial charge in [0.25, 0.3) is 0 Å². The van der Waals surface area contributed by atoms with Gasteiger partial charge in [-0.2, -0.15) is 4.39 Å². The molecule has 0 saturated heterocycles. The van der Waals surface area contributed by atoms with Crippen LogP contribution in [0.1, 0.15) is 0 Å². The van der Waals surface area contributed by atoms with Gasteiger partial charge >= 0.3 is 0 Å². The second kappa shape index (κ2) is 1.82. The topological polar surface area (TPSA) is 15.3 Å². The van der Waals surface area contributed by atoms with E-state index in [1.165, 1.54) is 0 Å². The lowest BCUT2D eigenvalue weighted by molar-refractivity contribution is 0.457. The zero-order chi connectivity index (χ0) is 6.15. The first-order valence-electron chi connectivity index (χ1n) is 2.22. The van der Waals surface area contributed by atoms with Gasteiger partial charge in [-0.1, -0.05) is 11.6 Å². The van der Waals surface area contributed by atoms with Crippen LogP contribution in [0.4, 0.5) is 4.39 Å². The van der Waals surface area contributed by atoms with Gasteiger partial charge in [0, 0.05) is 7.05 Å². The Kier molecular flexibility index (Phi) is 1.29. The van der Waals surface area contributed by atoms with Crippen LogP contribution in [0.3, 0.4) is 0 Å². The number of hydrogen-bond donors (Lipinski definition) is 1. The minimum Gasteiger partial charge on any atom is -0.344 e. The highest BCUT2D eigenvalue weighted by atomic mass is 35.5. The molecule has 0 unspecified atom stereocenters. The summed E-state index contributed by atoms with van der Waals surface area (Å²) in [5, 5.41) is 2.58. The van der Waals surface area contributed by atoms with Crippen LogP contribution in [-0.2, 0) is 0 Å². The van der Waals surface area contributed by atoms with Crippen molar-refractivity contribution in [3.8, 4) is 0 Å². The molecule has 0 aliphatic carbocycles. The Labute approximate surface area is 51.9 Å². The van der Waals surface area contributed by atoms with Crippen LogP contribution in [0.25, 0.3) is 0 Å². The lowest BCUT2D eigenvalue weighted by atomic mass is 10.8. The van der Waals surface area contributed by atoms with Gasteiger partial charge < -0.3 is 10.2 Å². The van der Waals surface area contributed by atoms with Crippen molar-refractivity contribution in [2.24, 2.45) is 0 Å². The highest BCUT2D eigenvalue weighted by Crippen LogP contribution is 2.16. The summed E-state index contributed by atoms with van der Waals surface area (Å²) in [6.45, 7) is 0.463. The standard InChI is InChI=1S/C4H6ClFN2/c1-8-2-7-4(6)3(8)5/h7H,2H2,1H3. The lowest BCUT2D eigenvalue weighted by Crippen LogP contribution is -2.17. The molecule has 0 aromatic carbocycles. The minimum absolute atomic E-state index is 0.157. The maximum absolute atomic E-state index is 12.2. The molecule has 2 nitrogen and oxygen atoms in total. The van der Waals surface area contributed by atoms with Crippen LogP contribution in [0.2, 0.25) is 0 Å². The number of nitrogens with one attached hydrogen (secondary N) is 1. The predicted octanol–water partition coefficient (Wildman–Crippen LogP) is 0.814. The van der Waals surface area contributed by atoms with E-state index in [-0.39, 0.29) is 5.16 Å². The Bertz CT molecular complexity index is 134. The third-order valence-electron chi connectivity index (χ3n) is 0.988. The maximum Gasteiger partial charge on any atom is 0.224 e. The molecule has 0 radical (unpaired) electrons. The predicted molar refractivity (Wildman–Crippen MR) is 29.8 cm³/mol. The fourth-order valence-electron chi connectivity index (χ4n) is 0.498. The van der Waals surface area contributed by atoms with Gasteiger partial charge in [-0.3, -0.25) is 0 Å². The zero-order valence-corrected chi connectivity index (χ0v) is 5.17. The summed E-state index contributed by atoms with van der Waals surface area (Å²) in [5.41, 5.74) is 0. The molecular weight excluding hydrogens is 131 g/mol. The van der Waals surface area contributed by atoms with Gasteiger partial charge in [-0.15, -0.1) is 0 Å². The van der Waals surface area contributed by atoms with E-state index < -0.39 is 5.95 Å². The van der Waals surface area contributed by atoms with Crippen LogP contribution in [0.5, 0.6) is 0 Å². The second-order valence-electron chi connectivity index (χ2n) is 1.64. The first kappa shape index (κ1) is 5.69. The molecular formula is C4H6ClFN2. The van der Waals surface area contributed by atoms with Gasteiger partial charge in [0.05, 0.1) is 6.67 Å². The van der Waals surface area contributed by atoms with Crippen molar-refractivity contribution >= 4 is 11.6 Å². The van der Waals surface area contributed by atoms with Crippen molar-refractivity contribution in [2.75, 3.05) is 13.7 Å². The normalized spacial score (nSPS) is 19.6. The number of hydrogen-bond acceptors (Lipinski definition) is 2. The molecule has 8 heavy (non-hydrogen) atoms. The third kappa shape index (κ3) is 0.733. The van der Waals surface area contributed by atoms with E-state index in [0.29, 0.717) is 6.67 Å². The molecule has 1 aliphatic rings. The van der Waals surface area contributed by atoms with Gasteiger partial charge in [0.2, 0.25) is 5.95 Å². The van der Waals surface area contributed by atoms with Crippen LogP contribution in [0, 0.1) is 0 Å². The molecule has 1 heterocycles. The molecule has 0 bridgehead atoms. The van der Waals surface area contributed by atoms with Crippen molar-refractivity contribution in [3.05, 3.63) is 11.1 Å². The van der Waals surface area contributed by atoms with E-state index in [1.54, 1.807) is 11.9 Å². The molecule has 0 spiro atoms. The Hall–Kier alpha value is -0.440. The van der Waals surface area contributed by atoms with Crippen molar-refractivity contribution < 1.29 is 4.39 Å². The maximum atomic E-state index is 12.2. The first-order valence-corrected chi connectivity index (χ1v) is 2.60. The van der Waals surface area contributed by atoms with Gasteiger partial charge in [0.1, 0.15) is 0 Å². The van der Waals surface area contributed by atoms with E-state index in [4.69, 9.17) is 11.6 Å². The summed E-state index contributed by atoms with van der Waals surface area (Å²) in [6, 6.07) is 0. The zero-order valence-electron chi connectivity index (χ0n) is 4.41. The number of nitrogens with zero attached hydrogens (tertiary/aromatic N) is 1. The Morgan fingerprint density at radius 2 is 2.50 bits per heavy atom. The van der Waals surface area contributed by atoms with E-state index in [2.05, 4.69) is 5.32 Å². The Balaban J connectivity index is 2.71. The first-order chi connectivity index (χ1) is 3.72. The fraction of sp³-hybridized carbons (Fsp3) is 0.500. The Morgan fingerprint density at radius 3 is 2.62 bits per heavy atom. The minimum atomic E-state index is -0.436. The molecule has 0 aromatic heterocycles. The average molecular weight is 137 g/mol. The smallest absolute Gasteiger partial charge is 0.224 e. The van der Waals surface area contributed by atoms with E-state index in [0.717, 1.165) is 0 Å².